The minimum absolute atomic E-state index is 0.0906. The molecule has 28 heavy (non-hydrogen) atoms. The van der Waals surface area contributed by atoms with Crippen molar-refractivity contribution in [1.29, 1.82) is 0 Å². The zero-order chi connectivity index (χ0) is 19.7. The van der Waals surface area contributed by atoms with E-state index in [0.717, 1.165) is 12.0 Å². The molecule has 1 atom stereocenters. The molecule has 0 bridgehead atoms. The number of aryl methyl sites for hydroxylation is 1. The Labute approximate surface area is 160 Å². The smallest absolute Gasteiger partial charge is 0.406 e. The average Bonchev–Trinajstić information content (AvgIpc) is 2.66. The Morgan fingerprint density at radius 3 is 2.79 bits per heavy atom. The van der Waals surface area contributed by atoms with Gasteiger partial charge in [0.05, 0.1) is 19.1 Å². The van der Waals surface area contributed by atoms with Crippen LogP contribution in [0.15, 0.2) is 42.5 Å². The topological polar surface area (TPSA) is 38.8 Å². The first-order valence-corrected chi connectivity index (χ1v) is 9.29. The van der Waals surface area contributed by atoms with Crippen LogP contribution in [-0.2, 0) is 22.4 Å². The van der Waals surface area contributed by atoms with Crippen molar-refractivity contribution >= 4 is 11.6 Å². The number of carbonyl (C=O) groups is 1. The molecule has 148 valence electrons. The number of rotatable bonds is 3. The second-order valence-corrected chi connectivity index (χ2v) is 7.00. The van der Waals surface area contributed by atoms with Crippen LogP contribution in [0.2, 0.25) is 0 Å². The van der Waals surface area contributed by atoms with Crippen LogP contribution in [0.25, 0.3) is 0 Å². The van der Waals surface area contributed by atoms with E-state index in [1.165, 1.54) is 23.8 Å². The van der Waals surface area contributed by atoms with Gasteiger partial charge >= 0.3 is 6.36 Å². The third kappa shape index (κ3) is 3.99. The van der Waals surface area contributed by atoms with E-state index in [4.69, 9.17) is 4.74 Å². The van der Waals surface area contributed by atoms with Crippen molar-refractivity contribution in [3.8, 4) is 5.75 Å². The first-order chi connectivity index (χ1) is 13.4. The SMILES string of the molecule is O=C(CC1OCCc2ccccc21)N1CCCc2cc(OC(F)(F)F)ccc21. The lowest BCUT2D eigenvalue weighted by molar-refractivity contribution is -0.274. The Kier molecular flexibility index (Phi) is 5.02. The molecule has 0 aromatic heterocycles. The fourth-order valence-corrected chi connectivity index (χ4v) is 3.94. The molecule has 0 saturated heterocycles. The maximum atomic E-state index is 13.0. The molecule has 0 radical (unpaired) electrons. The summed E-state index contributed by atoms with van der Waals surface area (Å²) >= 11 is 0. The fraction of sp³-hybridized carbons (Fsp3) is 0.381. The van der Waals surface area contributed by atoms with Gasteiger partial charge in [-0.1, -0.05) is 24.3 Å². The third-order valence-electron chi connectivity index (χ3n) is 5.16. The van der Waals surface area contributed by atoms with Crippen molar-refractivity contribution in [2.45, 2.75) is 38.1 Å². The van der Waals surface area contributed by atoms with Gasteiger partial charge < -0.3 is 14.4 Å². The number of alkyl halides is 3. The van der Waals surface area contributed by atoms with Crippen molar-refractivity contribution in [2.75, 3.05) is 18.1 Å². The summed E-state index contributed by atoms with van der Waals surface area (Å²) in [6.45, 7) is 1.11. The summed E-state index contributed by atoms with van der Waals surface area (Å²) in [4.78, 5) is 14.6. The van der Waals surface area contributed by atoms with Crippen LogP contribution in [0.1, 0.15) is 35.6 Å². The Bertz CT molecular complexity index is 881. The van der Waals surface area contributed by atoms with Crippen LogP contribution in [0.4, 0.5) is 18.9 Å². The van der Waals surface area contributed by atoms with E-state index in [1.807, 2.05) is 24.3 Å². The Morgan fingerprint density at radius 2 is 1.96 bits per heavy atom. The molecule has 1 amide bonds. The van der Waals surface area contributed by atoms with Crippen LogP contribution in [-0.4, -0.2) is 25.4 Å². The Balaban J connectivity index is 1.53. The van der Waals surface area contributed by atoms with E-state index in [0.29, 0.717) is 37.2 Å². The number of hydrogen-bond donors (Lipinski definition) is 0. The predicted molar refractivity (Wildman–Crippen MR) is 97.3 cm³/mol. The number of carbonyl (C=O) groups excluding carboxylic acids is 1. The molecule has 4 rings (SSSR count). The quantitative estimate of drug-likeness (QED) is 0.770. The monoisotopic (exact) mass is 391 g/mol. The molecule has 2 heterocycles. The highest BCUT2D eigenvalue weighted by molar-refractivity contribution is 5.95. The molecular formula is C21H20F3NO3. The molecule has 4 nitrogen and oxygen atoms in total. The van der Waals surface area contributed by atoms with Crippen molar-refractivity contribution in [1.82, 2.24) is 0 Å². The van der Waals surface area contributed by atoms with Crippen LogP contribution >= 0.6 is 0 Å². The number of benzene rings is 2. The summed E-state index contributed by atoms with van der Waals surface area (Å²) in [6.07, 6.45) is -2.69. The molecule has 2 aliphatic heterocycles. The molecule has 2 aliphatic rings. The van der Waals surface area contributed by atoms with Gasteiger partial charge in [0.1, 0.15) is 5.75 Å². The van der Waals surface area contributed by atoms with Gasteiger partial charge in [0.15, 0.2) is 0 Å². The molecule has 2 aromatic carbocycles. The summed E-state index contributed by atoms with van der Waals surface area (Å²) in [5.74, 6) is -0.350. The third-order valence-corrected chi connectivity index (χ3v) is 5.16. The van der Waals surface area contributed by atoms with Gasteiger partial charge in [-0.25, -0.2) is 0 Å². The molecule has 0 aliphatic carbocycles. The Morgan fingerprint density at radius 1 is 1.14 bits per heavy atom. The van der Waals surface area contributed by atoms with E-state index in [-0.39, 0.29) is 24.2 Å². The molecule has 7 heteroatoms. The van der Waals surface area contributed by atoms with Gasteiger partial charge in [-0.2, -0.15) is 0 Å². The molecule has 2 aromatic rings. The van der Waals surface area contributed by atoms with E-state index < -0.39 is 6.36 Å². The lowest BCUT2D eigenvalue weighted by atomic mass is 9.94. The molecule has 0 fully saturated rings. The summed E-state index contributed by atoms with van der Waals surface area (Å²) in [7, 11) is 0. The Hall–Kier alpha value is -2.54. The maximum absolute atomic E-state index is 13.0. The first kappa shape index (κ1) is 18.8. The number of amides is 1. The minimum atomic E-state index is -4.73. The van der Waals surface area contributed by atoms with Crippen LogP contribution < -0.4 is 9.64 Å². The van der Waals surface area contributed by atoms with Gasteiger partial charge in [0.25, 0.3) is 0 Å². The molecule has 1 unspecified atom stereocenters. The van der Waals surface area contributed by atoms with Gasteiger partial charge in [-0.3, -0.25) is 4.79 Å². The number of fused-ring (bicyclic) bond motifs is 2. The van der Waals surface area contributed by atoms with Crippen LogP contribution in [0.3, 0.4) is 0 Å². The minimum Gasteiger partial charge on any atom is -0.406 e. The highest BCUT2D eigenvalue weighted by atomic mass is 19.4. The number of ether oxygens (including phenoxy) is 2. The van der Waals surface area contributed by atoms with Crippen LogP contribution in [0.5, 0.6) is 5.75 Å². The van der Waals surface area contributed by atoms with Gasteiger partial charge in [-0.15, -0.1) is 13.2 Å². The summed E-state index contributed by atoms with van der Waals surface area (Å²) in [5, 5.41) is 0. The highest BCUT2D eigenvalue weighted by Crippen LogP contribution is 2.35. The number of hydrogen-bond acceptors (Lipinski definition) is 3. The first-order valence-electron chi connectivity index (χ1n) is 9.29. The van der Waals surface area contributed by atoms with Crippen molar-refractivity contribution < 1.29 is 27.4 Å². The van der Waals surface area contributed by atoms with E-state index in [9.17, 15) is 18.0 Å². The predicted octanol–water partition coefficient (Wildman–Crippen LogP) is 4.57. The lowest BCUT2D eigenvalue weighted by Crippen LogP contribution is -2.37. The maximum Gasteiger partial charge on any atom is 0.573 e. The zero-order valence-electron chi connectivity index (χ0n) is 15.2. The second-order valence-electron chi connectivity index (χ2n) is 7.00. The van der Waals surface area contributed by atoms with E-state index in [1.54, 1.807) is 4.90 Å². The normalized spacial score (nSPS) is 19.0. The standard InChI is InChI=1S/C21H20F3NO3/c22-21(23,24)28-16-7-8-18-15(12-16)5-3-10-25(18)20(26)13-19-17-6-2-1-4-14(17)9-11-27-19/h1-2,4,6-8,12,19H,3,5,9-11,13H2. The lowest BCUT2D eigenvalue weighted by Gasteiger charge is -2.32. The zero-order valence-corrected chi connectivity index (χ0v) is 15.2. The number of halogens is 3. The van der Waals surface area contributed by atoms with Crippen molar-refractivity contribution in [3.05, 3.63) is 59.2 Å². The molecule has 0 N–H and O–H groups in total. The van der Waals surface area contributed by atoms with E-state index >= 15 is 0 Å². The van der Waals surface area contributed by atoms with Crippen LogP contribution in [0, 0.1) is 0 Å². The van der Waals surface area contributed by atoms with Gasteiger partial charge in [0, 0.05) is 12.2 Å². The summed E-state index contributed by atoms with van der Waals surface area (Å²) in [6, 6.07) is 12.1. The average molecular weight is 391 g/mol. The van der Waals surface area contributed by atoms with Crippen molar-refractivity contribution in [3.63, 3.8) is 0 Å². The highest BCUT2D eigenvalue weighted by Gasteiger charge is 2.32. The summed E-state index contributed by atoms with van der Waals surface area (Å²) < 4.78 is 47.2. The summed E-state index contributed by atoms with van der Waals surface area (Å²) in [5.41, 5.74) is 3.56. The number of anilines is 1. The number of nitrogens with zero attached hydrogens (tertiary/aromatic N) is 1. The van der Waals surface area contributed by atoms with Crippen molar-refractivity contribution in [2.24, 2.45) is 0 Å². The van der Waals surface area contributed by atoms with Gasteiger partial charge in [-0.05, 0) is 54.2 Å². The van der Waals surface area contributed by atoms with Gasteiger partial charge in [0.2, 0.25) is 5.91 Å². The fourth-order valence-electron chi connectivity index (χ4n) is 3.94. The molecular weight excluding hydrogens is 371 g/mol. The van der Waals surface area contributed by atoms with E-state index in [2.05, 4.69) is 4.74 Å². The second kappa shape index (κ2) is 7.47. The largest absolute Gasteiger partial charge is 0.573 e. The molecule has 0 spiro atoms. The molecule has 0 saturated carbocycles.